The maximum Gasteiger partial charge on any atom is 0.212 e. The second-order valence-corrected chi connectivity index (χ2v) is 6.89. The molecular weight excluding hydrogens is 262 g/mol. The zero-order valence-electron chi connectivity index (χ0n) is 11.2. The zero-order chi connectivity index (χ0) is 13.7. The average molecular weight is 283 g/mol. The molecule has 1 aromatic rings. The number of hydrogen-bond acceptors (Lipinski definition) is 4. The molecule has 2 heterocycles. The quantitative estimate of drug-likeness (QED) is 0.848. The van der Waals surface area contributed by atoms with E-state index < -0.39 is 10.0 Å². The predicted molar refractivity (Wildman–Crippen MR) is 75.2 cm³/mol. The summed E-state index contributed by atoms with van der Waals surface area (Å²) >= 11 is 0. The molecule has 0 aliphatic carbocycles. The molecule has 2 N–H and O–H groups in total. The summed E-state index contributed by atoms with van der Waals surface area (Å²) in [6, 6.07) is 3.45. The highest BCUT2D eigenvalue weighted by Crippen LogP contribution is 2.16. The van der Waals surface area contributed by atoms with Gasteiger partial charge in [0.05, 0.1) is 5.75 Å². The number of piperidine rings is 1. The summed E-state index contributed by atoms with van der Waals surface area (Å²) in [5.74, 6) is 0.493. The van der Waals surface area contributed by atoms with Gasteiger partial charge in [-0.2, -0.15) is 0 Å². The van der Waals surface area contributed by atoms with E-state index in [0.717, 1.165) is 31.5 Å². The van der Waals surface area contributed by atoms with Crippen molar-refractivity contribution in [1.82, 2.24) is 15.0 Å². The Balaban J connectivity index is 1.93. The van der Waals surface area contributed by atoms with Crippen LogP contribution in [0, 0.1) is 5.92 Å². The van der Waals surface area contributed by atoms with Gasteiger partial charge in [0, 0.05) is 18.4 Å². The van der Waals surface area contributed by atoms with Crippen LogP contribution >= 0.6 is 0 Å². The molecule has 1 fully saturated rings. The fourth-order valence-electron chi connectivity index (χ4n) is 2.40. The Morgan fingerprint density at radius 2 is 2.00 bits per heavy atom. The van der Waals surface area contributed by atoms with E-state index in [9.17, 15) is 8.42 Å². The van der Waals surface area contributed by atoms with Crippen LogP contribution in [0.5, 0.6) is 0 Å². The van der Waals surface area contributed by atoms with Gasteiger partial charge in [-0.05, 0) is 56.5 Å². The molecule has 0 amide bonds. The van der Waals surface area contributed by atoms with E-state index in [-0.39, 0.29) is 17.7 Å². The highest BCUT2D eigenvalue weighted by molar-refractivity contribution is 7.89. The van der Waals surface area contributed by atoms with E-state index in [2.05, 4.69) is 15.0 Å². The van der Waals surface area contributed by atoms with Crippen LogP contribution in [0.25, 0.3) is 0 Å². The number of hydrogen-bond donors (Lipinski definition) is 2. The number of aromatic nitrogens is 1. The van der Waals surface area contributed by atoms with Crippen LogP contribution in [0.2, 0.25) is 0 Å². The lowest BCUT2D eigenvalue weighted by Gasteiger charge is -2.23. The molecule has 19 heavy (non-hydrogen) atoms. The summed E-state index contributed by atoms with van der Waals surface area (Å²) in [5.41, 5.74) is 0.934. The van der Waals surface area contributed by atoms with E-state index in [1.807, 2.05) is 19.1 Å². The molecule has 5 nitrogen and oxygen atoms in total. The van der Waals surface area contributed by atoms with E-state index in [1.54, 1.807) is 12.4 Å². The second-order valence-electron chi connectivity index (χ2n) is 5.09. The number of nitrogens with one attached hydrogen (secondary N) is 2. The lowest BCUT2D eigenvalue weighted by molar-refractivity contribution is 0.399. The average Bonchev–Trinajstić information content (AvgIpc) is 2.39. The number of nitrogens with zero attached hydrogens (tertiary/aromatic N) is 1. The largest absolute Gasteiger partial charge is 0.317 e. The Morgan fingerprint density at radius 3 is 2.63 bits per heavy atom. The maximum atomic E-state index is 12.1. The third kappa shape index (κ3) is 4.56. The third-order valence-corrected chi connectivity index (χ3v) is 5.10. The molecule has 106 valence electrons. The first kappa shape index (κ1) is 14.4. The van der Waals surface area contributed by atoms with Crippen molar-refractivity contribution in [3.8, 4) is 0 Å². The van der Waals surface area contributed by atoms with Gasteiger partial charge in [0.25, 0.3) is 0 Å². The predicted octanol–water partition coefficient (Wildman–Crippen LogP) is 1.06. The standard InChI is InChI=1S/C13H21N3O2S/c1-11(13-4-8-15-9-5-13)16-19(17,18)10-12-2-6-14-7-3-12/h4-5,8-9,11-12,14,16H,2-3,6-7,10H2,1H3. The molecule has 0 bridgehead atoms. The highest BCUT2D eigenvalue weighted by atomic mass is 32.2. The van der Waals surface area contributed by atoms with Crippen LogP contribution in [0.3, 0.4) is 0 Å². The Hall–Kier alpha value is -0.980. The molecule has 6 heteroatoms. The molecule has 0 spiro atoms. The van der Waals surface area contributed by atoms with E-state index >= 15 is 0 Å². The molecule has 1 saturated heterocycles. The number of pyridine rings is 1. The summed E-state index contributed by atoms with van der Waals surface area (Å²) in [7, 11) is -3.23. The Labute approximate surface area is 114 Å². The summed E-state index contributed by atoms with van der Waals surface area (Å²) in [5, 5.41) is 3.24. The minimum absolute atomic E-state index is 0.213. The fourth-order valence-corrected chi connectivity index (χ4v) is 4.12. The monoisotopic (exact) mass is 283 g/mol. The lowest BCUT2D eigenvalue weighted by Crippen LogP contribution is -2.36. The molecule has 0 radical (unpaired) electrons. The van der Waals surface area contributed by atoms with Crippen molar-refractivity contribution in [1.29, 1.82) is 0 Å². The SMILES string of the molecule is CC(NS(=O)(=O)CC1CCNCC1)c1ccncc1. The molecule has 1 aromatic heterocycles. The van der Waals surface area contributed by atoms with Gasteiger partial charge in [0.1, 0.15) is 0 Å². The fraction of sp³-hybridized carbons (Fsp3) is 0.615. The summed E-state index contributed by atoms with van der Waals surface area (Å²) < 4.78 is 27.0. The van der Waals surface area contributed by atoms with Gasteiger partial charge in [-0.25, -0.2) is 13.1 Å². The molecule has 0 saturated carbocycles. The first-order valence-corrected chi connectivity index (χ1v) is 8.33. The molecule has 1 atom stereocenters. The van der Waals surface area contributed by atoms with Crippen molar-refractivity contribution in [2.24, 2.45) is 5.92 Å². The Morgan fingerprint density at radius 1 is 1.37 bits per heavy atom. The lowest BCUT2D eigenvalue weighted by atomic mass is 10.0. The normalized spacial score (nSPS) is 19.2. The Bertz CT molecular complexity index is 484. The minimum Gasteiger partial charge on any atom is -0.317 e. The molecular formula is C13H21N3O2S. The molecule has 2 rings (SSSR count). The van der Waals surface area contributed by atoms with Crippen LogP contribution < -0.4 is 10.0 Å². The minimum atomic E-state index is -3.23. The van der Waals surface area contributed by atoms with Crippen molar-refractivity contribution in [2.45, 2.75) is 25.8 Å². The van der Waals surface area contributed by atoms with Gasteiger partial charge >= 0.3 is 0 Å². The van der Waals surface area contributed by atoms with Crippen LogP contribution in [-0.2, 0) is 10.0 Å². The van der Waals surface area contributed by atoms with Crippen molar-refractivity contribution in [2.75, 3.05) is 18.8 Å². The second kappa shape index (κ2) is 6.45. The van der Waals surface area contributed by atoms with Crippen molar-refractivity contribution < 1.29 is 8.42 Å². The topological polar surface area (TPSA) is 71.1 Å². The summed E-state index contributed by atoms with van der Waals surface area (Å²) in [6.07, 6.45) is 5.22. The van der Waals surface area contributed by atoms with Gasteiger partial charge in [-0.15, -0.1) is 0 Å². The molecule has 1 aliphatic heterocycles. The van der Waals surface area contributed by atoms with Crippen LogP contribution in [0.4, 0.5) is 0 Å². The van der Waals surface area contributed by atoms with E-state index in [1.165, 1.54) is 0 Å². The highest BCUT2D eigenvalue weighted by Gasteiger charge is 2.22. The maximum absolute atomic E-state index is 12.1. The van der Waals surface area contributed by atoms with Crippen LogP contribution in [-0.4, -0.2) is 32.2 Å². The smallest absolute Gasteiger partial charge is 0.212 e. The third-order valence-electron chi connectivity index (χ3n) is 3.48. The van der Waals surface area contributed by atoms with Crippen LogP contribution in [0.1, 0.15) is 31.4 Å². The van der Waals surface area contributed by atoms with Gasteiger partial charge in [-0.1, -0.05) is 0 Å². The first-order valence-electron chi connectivity index (χ1n) is 6.67. The van der Waals surface area contributed by atoms with E-state index in [4.69, 9.17) is 0 Å². The summed E-state index contributed by atoms with van der Waals surface area (Å²) in [6.45, 7) is 3.69. The molecule has 0 aromatic carbocycles. The van der Waals surface area contributed by atoms with Crippen molar-refractivity contribution in [3.63, 3.8) is 0 Å². The first-order chi connectivity index (χ1) is 9.07. The van der Waals surface area contributed by atoms with Gasteiger partial charge in [-0.3, -0.25) is 4.98 Å². The van der Waals surface area contributed by atoms with Gasteiger partial charge < -0.3 is 5.32 Å². The van der Waals surface area contributed by atoms with Gasteiger partial charge in [0.15, 0.2) is 0 Å². The molecule has 1 unspecified atom stereocenters. The van der Waals surface area contributed by atoms with Gasteiger partial charge in [0.2, 0.25) is 10.0 Å². The molecule has 1 aliphatic rings. The Kier molecular flexibility index (Phi) is 4.90. The van der Waals surface area contributed by atoms with Crippen LogP contribution in [0.15, 0.2) is 24.5 Å². The van der Waals surface area contributed by atoms with Crippen molar-refractivity contribution in [3.05, 3.63) is 30.1 Å². The van der Waals surface area contributed by atoms with Crippen molar-refractivity contribution >= 4 is 10.0 Å². The number of rotatable bonds is 5. The zero-order valence-corrected chi connectivity index (χ0v) is 12.0. The van der Waals surface area contributed by atoms with E-state index in [0.29, 0.717) is 0 Å². The summed E-state index contributed by atoms with van der Waals surface area (Å²) in [4.78, 5) is 3.93. The number of sulfonamides is 1.